The fourth-order valence-electron chi connectivity index (χ4n) is 4.59. The van der Waals surface area contributed by atoms with E-state index in [2.05, 4.69) is 69.1 Å². The molecule has 6 rings (SSSR count). The number of benzene rings is 3. The highest BCUT2D eigenvalue weighted by atomic mass is 32.2. The van der Waals surface area contributed by atoms with Crippen LogP contribution in [0.1, 0.15) is 39.5 Å². The first-order valence-electron chi connectivity index (χ1n) is 12.5. The van der Waals surface area contributed by atoms with Crippen molar-refractivity contribution >= 4 is 23.4 Å². The third-order valence-corrected chi connectivity index (χ3v) is 7.75. The van der Waals surface area contributed by atoms with Crippen molar-refractivity contribution < 1.29 is 4.79 Å². The topological polar surface area (TPSA) is 66.7 Å². The Morgan fingerprint density at radius 1 is 0.946 bits per heavy atom. The maximum atomic E-state index is 13.1. The average molecular weight is 503 g/mol. The predicted octanol–water partition coefficient (Wildman–Crippen LogP) is 7.29. The molecule has 5 nitrogen and oxygen atoms in total. The summed E-state index contributed by atoms with van der Waals surface area (Å²) in [5.74, 6) is 0.380. The maximum Gasteiger partial charge on any atom is 0.252 e. The van der Waals surface area contributed by atoms with Gasteiger partial charge in [-0.3, -0.25) is 9.78 Å². The third-order valence-electron chi connectivity index (χ3n) is 6.68. The molecule has 2 heterocycles. The van der Waals surface area contributed by atoms with Crippen LogP contribution >= 0.6 is 11.8 Å². The van der Waals surface area contributed by atoms with Crippen LogP contribution in [0.3, 0.4) is 0 Å². The molecule has 2 aliphatic rings. The van der Waals surface area contributed by atoms with Crippen LogP contribution in [0.25, 0.3) is 0 Å². The number of pyridine rings is 1. The minimum Gasteiger partial charge on any atom is -0.349 e. The summed E-state index contributed by atoms with van der Waals surface area (Å²) >= 11 is 1.58. The first kappa shape index (κ1) is 23.4. The monoisotopic (exact) mass is 502 g/mol. The number of carbonyl (C=O) groups excluding carboxylic acids is 1. The minimum absolute atomic E-state index is 0.0214. The van der Waals surface area contributed by atoms with Gasteiger partial charge in [-0.05, 0) is 53.9 Å². The molecule has 0 spiro atoms. The molecule has 0 radical (unpaired) electrons. The van der Waals surface area contributed by atoms with Gasteiger partial charge in [0.1, 0.15) is 0 Å². The molecular weight excluding hydrogens is 476 g/mol. The van der Waals surface area contributed by atoms with Crippen molar-refractivity contribution in [2.45, 2.75) is 41.0 Å². The van der Waals surface area contributed by atoms with Crippen LogP contribution in [-0.4, -0.2) is 16.9 Å². The molecule has 2 atom stereocenters. The molecule has 0 saturated heterocycles. The van der Waals surface area contributed by atoms with Gasteiger partial charge in [-0.1, -0.05) is 72.4 Å². The van der Waals surface area contributed by atoms with Crippen molar-refractivity contribution in [2.75, 3.05) is 0 Å². The van der Waals surface area contributed by atoms with Gasteiger partial charge in [-0.25, -0.2) is 0 Å². The van der Waals surface area contributed by atoms with Gasteiger partial charge in [0.15, 0.2) is 0 Å². The number of carbonyl (C=O) groups is 1. The Bertz CT molecular complexity index is 1480. The van der Waals surface area contributed by atoms with E-state index in [4.69, 9.17) is 0 Å². The first-order chi connectivity index (χ1) is 18.2. The Labute approximate surface area is 220 Å². The van der Waals surface area contributed by atoms with E-state index in [9.17, 15) is 4.79 Å². The molecule has 37 heavy (non-hydrogen) atoms. The number of aromatic nitrogens is 1. The van der Waals surface area contributed by atoms with Crippen molar-refractivity contribution in [3.8, 4) is 0 Å². The van der Waals surface area contributed by atoms with Crippen LogP contribution < -0.4 is 5.32 Å². The highest BCUT2D eigenvalue weighted by Crippen LogP contribution is 2.41. The second-order valence-electron chi connectivity index (χ2n) is 9.32. The van der Waals surface area contributed by atoms with Gasteiger partial charge in [0.25, 0.3) is 5.91 Å². The van der Waals surface area contributed by atoms with E-state index in [0.717, 1.165) is 51.7 Å². The summed E-state index contributed by atoms with van der Waals surface area (Å²) in [5, 5.41) is 12.1. The molecule has 2 unspecified atom stereocenters. The molecule has 3 aromatic carbocycles. The largest absolute Gasteiger partial charge is 0.349 e. The van der Waals surface area contributed by atoms with Crippen molar-refractivity contribution in [3.63, 3.8) is 0 Å². The van der Waals surface area contributed by atoms with Crippen molar-refractivity contribution in [3.05, 3.63) is 131 Å². The zero-order chi connectivity index (χ0) is 25.0. The number of allylic oxidation sites excluding steroid dienone is 2. The first-order valence-corrected chi connectivity index (χ1v) is 13.3. The molecule has 1 N–H and O–H groups in total. The summed E-state index contributed by atoms with van der Waals surface area (Å²) in [6.07, 6.45) is 6.37. The van der Waals surface area contributed by atoms with Crippen LogP contribution in [0.4, 0.5) is 5.69 Å². The van der Waals surface area contributed by atoms with Crippen molar-refractivity contribution in [1.82, 2.24) is 10.3 Å². The van der Waals surface area contributed by atoms with Gasteiger partial charge in [0, 0.05) is 46.5 Å². The van der Waals surface area contributed by atoms with Gasteiger partial charge < -0.3 is 5.32 Å². The minimum atomic E-state index is -0.0214. The van der Waals surface area contributed by atoms with Gasteiger partial charge in [-0.2, -0.15) is 10.2 Å². The Morgan fingerprint density at radius 2 is 1.78 bits per heavy atom. The summed E-state index contributed by atoms with van der Waals surface area (Å²) in [7, 11) is 0. The normalized spacial score (nSPS) is 18.9. The molecule has 1 aromatic heterocycles. The van der Waals surface area contributed by atoms with E-state index in [1.54, 1.807) is 18.0 Å². The fraction of sp³-hybridized carbons (Fsp3) is 0.161. The summed E-state index contributed by atoms with van der Waals surface area (Å²) in [5.41, 5.74) is 5.99. The average Bonchev–Trinajstić information content (AvgIpc) is 3.72. The molecule has 1 amide bonds. The van der Waals surface area contributed by atoms with Gasteiger partial charge in [0.05, 0.1) is 16.9 Å². The molecule has 4 aromatic rings. The van der Waals surface area contributed by atoms with Gasteiger partial charge in [0.2, 0.25) is 0 Å². The zero-order valence-electron chi connectivity index (χ0n) is 20.2. The lowest BCUT2D eigenvalue weighted by Crippen LogP contribution is -2.27. The molecule has 182 valence electrons. The highest BCUT2D eigenvalue weighted by Gasteiger charge is 2.39. The van der Waals surface area contributed by atoms with Gasteiger partial charge in [-0.15, -0.1) is 0 Å². The number of hydrogen-bond acceptors (Lipinski definition) is 5. The number of hydrogen-bond donors (Lipinski definition) is 1. The lowest BCUT2D eigenvalue weighted by atomic mass is 10.1. The van der Waals surface area contributed by atoms with E-state index in [0.29, 0.717) is 11.5 Å². The number of nitrogens with one attached hydrogen (secondary N) is 1. The summed E-state index contributed by atoms with van der Waals surface area (Å²) in [6, 6.07) is 30.6. The molecule has 0 bridgehead atoms. The SMILES string of the molecule is O=C(NC1CC1c1ccccc1)c1ccccc1Sc1ccc2c(c1)N=NC(=CCc1ccccn1)C2. The number of amides is 1. The Kier molecular flexibility index (Phi) is 6.65. The van der Waals surface area contributed by atoms with Crippen LogP contribution in [0.5, 0.6) is 0 Å². The summed E-state index contributed by atoms with van der Waals surface area (Å²) in [4.78, 5) is 19.5. The Morgan fingerprint density at radius 3 is 2.65 bits per heavy atom. The van der Waals surface area contributed by atoms with E-state index >= 15 is 0 Å². The molecule has 6 heteroatoms. The summed E-state index contributed by atoms with van der Waals surface area (Å²) < 4.78 is 0. The fourth-order valence-corrected chi connectivity index (χ4v) is 5.57. The standard InChI is InChI=1S/C31H26N4OS/c36-31(33-29-20-27(29)21-8-2-1-3-9-21)26-11-4-5-12-30(26)37-25-16-13-22-18-24(34-35-28(22)19-25)15-14-23-10-6-7-17-32-23/h1-13,15-17,19,27,29H,14,18,20H2,(H,33,36). The maximum absolute atomic E-state index is 13.1. The Hall–Kier alpha value is -4.03. The van der Waals surface area contributed by atoms with Crippen molar-refractivity contribution in [1.29, 1.82) is 0 Å². The lowest BCUT2D eigenvalue weighted by molar-refractivity contribution is 0.0947. The van der Waals surface area contributed by atoms with Crippen LogP contribution in [0, 0.1) is 0 Å². The molecule has 1 aliphatic heterocycles. The highest BCUT2D eigenvalue weighted by molar-refractivity contribution is 7.99. The molecule has 1 aliphatic carbocycles. The number of nitrogens with zero attached hydrogens (tertiary/aromatic N) is 3. The number of azo groups is 1. The molecule has 1 saturated carbocycles. The lowest BCUT2D eigenvalue weighted by Gasteiger charge is -2.14. The Balaban J connectivity index is 1.12. The third kappa shape index (κ3) is 5.54. The molecule has 1 fully saturated rings. The zero-order valence-corrected chi connectivity index (χ0v) is 21.1. The smallest absolute Gasteiger partial charge is 0.252 e. The second-order valence-corrected chi connectivity index (χ2v) is 10.4. The van der Waals surface area contributed by atoms with Crippen LogP contribution in [0.2, 0.25) is 0 Å². The van der Waals surface area contributed by atoms with Crippen LogP contribution in [0.15, 0.2) is 129 Å². The predicted molar refractivity (Wildman–Crippen MR) is 146 cm³/mol. The second kappa shape index (κ2) is 10.5. The summed E-state index contributed by atoms with van der Waals surface area (Å²) in [6.45, 7) is 0. The van der Waals surface area contributed by atoms with E-state index in [1.807, 2.05) is 48.5 Å². The molecular formula is C31H26N4OS. The van der Waals surface area contributed by atoms with E-state index in [-0.39, 0.29) is 11.9 Å². The van der Waals surface area contributed by atoms with E-state index in [1.165, 1.54) is 5.56 Å². The number of rotatable bonds is 7. The van der Waals surface area contributed by atoms with Crippen molar-refractivity contribution in [2.24, 2.45) is 10.2 Å². The van der Waals surface area contributed by atoms with E-state index < -0.39 is 0 Å². The number of fused-ring (bicyclic) bond motifs is 1. The quantitative estimate of drug-likeness (QED) is 0.289. The van der Waals surface area contributed by atoms with Crippen LogP contribution in [-0.2, 0) is 12.8 Å². The van der Waals surface area contributed by atoms with Gasteiger partial charge >= 0.3 is 0 Å².